The van der Waals surface area contributed by atoms with Gasteiger partial charge in [0.2, 0.25) is 5.91 Å². The van der Waals surface area contributed by atoms with Crippen LogP contribution in [0.1, 0.15) is 30.0 Å². The Morgan fingerprint density at radius 3 is 2.21 bits per heavy atom. The van der Waals surface area contributed by atoms with Crippen molar-refractivity contribution in [3.05, 3.63) is 65.7 Å². The van der Waals surface area contributed by atoms with E-state index < -0.39 is 51.0 Å². The minimum atomic E-state index is -4.83. The molecule has 0 aromatic heterocycles. The first kappa shape index (κ1) is 25.0. The molecule has 0 unspecified atom stereocenters. The Morgan fingerprint density at radius 2 is 1.70 bits per heavy atom. The Hall–Kier alpha value is -2.63. The molecule has 0 bridgehead atoms. The highest BCUT2D eigenvalue weighted by molar-refractivity contribution is 7.90. The van der Waals surface area contributed by atoms with Crippen molar-refractivity contribution in [2.75, 3.05) is 12.3 Å². The van der Waals surface area contributed by atoms with Gasteiger partial charge in [-0.2, -0.15) is 13.2 Å². The molecule has 1 saturated carbocycles. The number of phenols is 1. The van der Waals surface area contributed by atoms with Gasteiger partial charge in [0.25, 0.3) is 0 Å². The Balaban J connectivity index is 1.88. The molecule has 33 heavy (non-hydrogen) atoms. The number of hydrogen-bond donors (Lipinski definition) is 4. The number of amides is 1. The summed E-state index contributed by atoms with van der Waals surface area (Å²) in [5, 5.41) is 14.2. The normalized spacial score (nSPS) is 17.2. The average Bonchev–Trinajstić information content (AvgIpc) is 3.51. The fourth-order valence-electron chi connectivity index (χ4n) is 3.47. The van der Waals surface area contributed by atoms with Crippen LogP contribution in [0, 0.1) is 0 Å². The Kier molecular flexibility index (Phi) is 7.35. The van der Waals surface area contributed by atoms with E-state index in [-0.39, 0.29) is 17.9 Å². The number of phenolic OH excluding ortho intramolecular Hbond substituents is 1. The van der Waals surface area contributed by atoms with E-state index in [2.05, 4.69) is 10.6 Å². The summed E-state index contributed by atoms with van der Waals surface area (Å²) in [6.07, 6.45) is -3.69. The van der Waals surface area contributed by atoms with E-state index in [1.54, 1.807) is 30.3 Å². The number of aromatic hydroxyl groups is 1. The number of rotatable bonds is 10. The van der Waals surface area contributed by atoms with Gasteiger partial charge in [0, 0.05) is 6.54 Å². The number of hydrogen-bond acceptors (Lipinski definition) is 6. The zero-order valence-electron chi connectivity index (χ0n) is 17.7. The maximum absolute atomic E-state index is 13.9. The molecule has 0 saturated heterocycles. The SMILES string of the molecule is NCC1(NC(=O)[C@H](CS(=O)(=O)Cc2ccccc2)N[C@@H](c2ccc(O)cc2)C(F)(F)F)CC1. The van der Waals surface area contributed by atoms with Gasteiger partial charge in [-0.3, -0.25) is 10.1 Å². The third-order valence-corrected chi connectivity index (χ3v) is 7.14. The molecular weight excluding hydrogens is 459 g/mol. The summed E-state index contributed by atoms with van der Waals surface area (Å²) in [6.45, 7) is 0.100. The first-order valence-corrected chi connectivity index (χ1v) is 12.1. The van der Waals surface area contributed by atoms with E-state index in [1.165, 1.54) is 0 Å². The topological polar surface area (TPSA) is 122 Å². The van der Waals surface area contributed by atoms with E-state index in [9.17, 15) is 31.5 Å². The van der Waals surface area contributed by atoms with Crippen molar-refractivity contribution >= 4 is 15.7 Å². The Labute approximate surface area is 190 Å². The van der Waals surface area contributed by atoms with Crippen LogP contribution in [-0.2, 0) is 20.4 Å². The fourth-order valence-corrected chi connectivity index (χ4v) is 5.04. The molecule has 2 aromatic rings. The second-order valence-electron chi connectivity index (χ2n) is 8.30. The van der Waals surface area contributed by atoms with Gasteiger partial charge >= 0.3 is 6.18 Å². The predicted octanol–water partition coefficient (Wildman–Crippen LogP) is 2.18. The molecule has 0 heterocycles. The minimum Gasteiger partial charge on any atom is -0.508 e. The number of nitrogens with two attached hydrogens (primary N) is 1. The number of nitrogens with one attached hydrogen (secondary N) is 2. The summed E-state index contributed by atoms with van der Waals surface area (Å²) in [5.74, 6) is -2.34. The standard InChI is InChI=1S/C22H26F3N3O4S/c23-22(24,25)19(16-6-8-17(29)9-7-16)27-18(20(30)28-21(14-26)10-11-21)13-33(31,32)12-15-4-2-1-3-5-15/h1-9,18-19,27,29H,10-14,26H2,(H,28,30)/t18-,19-/m0/s1. The number of alkyl halides is 3. The number of carbonyl (C=O) groups is 1. The molecule has 2 atom stereocenters. The zero-order valence-corrected chi connectivity index (χ0v) is 18.5. The lowest BCUT2D eigenvalue weighted by Gasteiger charge is -2.28. The van der Waals surface area contributed by atoms with Gasteiger partial charge in [-0.25, -0.2) is 8.42 Å². The summed E-state index contributed by atoms with van der Waals surface area (Å²) in [4.78, 5) is 12.9. The highest BCUT2D eigenvalue weighted by Gasteiger charge is 2.47. The number of benzene rings is 2. The van der Waals surface area contributed by atoms with Gasteiger partial charge in [-0.1, -0.05) is 42.5 Å². The van der Waals surface area contributed by atoms with Crippen molar-refractivity contribution in [2.24, 2.45) is 5.73 Å². The van der Waals surface area contributed by atoms with Gasteiger partial charge < -0.3 is 16.2 Å². The maximum atomic E-state index is 13.9. The highest BCUT2D eigenvalue weighted by Crippen LogP contribution is 2.36. The molecule has 3 rings (SSSR count). The molecule has 7 nitrogen and oxygen atoms in total. The van der Waals surface area contributed by atoms with Crippen LogP contribution in [0.25, 0.3) is 0 Å². The van der Waals surface area contributed by atoms with E-state index in [0.717, 1.165) is 24.3 Å². The molecule has 1 aliphatic carbocycles. The fraction of sp³-hybridized carbons (Fsp3) is 0.409. The zero-order chi connectivity index (χ0) is 24.3. The molecule has 1 aliphatic rings. The number of sulfone groups is 1. The van der Waals surface area contributed by atoms with Crippen molar-refractivity contribution in [1.29, 1.82) is 0 Å². The Bertz CT molecular complexity index is 1060. The van der Waals surface area contributed by atoms with E-state index >= 15 is 0 Å². The van der Waals surface area contributed by atoms with Crippen molar-refractivity contribution in [3.63, 3.8) is 0 Å². The molecule has 11 heteroatoms. The van der Waals surface area contributed by atoms with Crippen LogP contribution < -0.4 is 16.4 Å². The van der Waals surface area contributed by atoms with Crippen LogP contribution in [0.15, 0.2) is 54.6 Å². The highest BCUT2D eigenvalue weighted by atomic mass is 32.2. The summed E-state index contributed by atoms with van der Waals surface area (Å²) in [7, 11) is -3.96. The van der Waals surface area contributed by atoms with E-state index in [0.29, 0.717) is 18.4 Å². The summed E-state index contributed by atoms with van der Waals surface area (Å²) in [6, 6.07) is 8.48. The first-order valence-electron chi connectivity index (χ1n) is 10.3. The predicted molar refractivity (Wildman–Crippen MR) is 117 cm³/mol. The van der Waals surface area contributed by atoms with Crippen LogP contribution in [0.5, 0.6) is 5.75 Å². The van der Waals surface area contributed by atoms with Crippen molar-refractivity contribution in [2.45, 2.75) is 42.4 Å². The minimum absolute atomic E-state index is 0.100. The lowest BCUT2D eigenvalue weighted by Crippen LogP contribution is -2.55. The molecule has 0 radical (unpaired) electrons. The molecule has 2 aromatic carbocycles. The smallest absolute Gasteiger partial charge is 0.407 e. The van der Waals surface area contributed by atoms with Crippen LogP contribution in [-0.4, -0.2) is 49.5 Å². The van der Waals surface area contributed by atoms with Crippen LogP contribution in [0.4, 0.5) is 13.2 Å². The van der Waals surface area contributed by atoms with Gasteiger partial charge in [-0.05, 0) is 36.1 Å². The van der Waals surface area contributed by atoms with E-state index in [1.807, 2.05) is 0 Å². The van der Waals surface area contributed by atoms with Crippen molar-refractivity contribution in [1.82, 2.24) is 10.6 Å². The quantitative estimate of drug-likeness (QED) is 0.409. The molecular formula is C22H26F3N3O4S. The molecule has 1 fully saturated rings. The first-order chi connectivity index (χ1) is 15.4. The largest absolute Gasteiger partial charge is 0.508 e. The van der Waals surface area contributed by atoms with Gasteiger partial charge in [0.1, 0.15) is 17.8 Å². The second-order valence-corrected chi connectivity index (χ2v) is 10.4. The molecule has 5 N–H and O–H groups in total. The molecule has 1 amide bonds. The summed E-state index contributed by atoms with van der Waals surface area (Å²) >= 11 is 0. The summed E-state index contributed by atoms with van der Waals surface area (Å²) < 4.78 is 67.3. The third-order valence-electron chi connectivity index (χ3n) is 5.52. The Morgan fingerprint density at radius 1 is 1.09 bits per heavy atom. The van der Waals surface area contributed by atoms with Crippen LogP contribution in [0.3, 0.4) is 0 Å². The van der Waals surface area contributed by atoms with E-state index in [4.69, 9.17) is 5.73 Å². The van der Waals surface area contributed by atoms with Gasteiger partial charge in [-0.15, -0.1) is 0 Å². The number of carbonyl (C=O) groups excluding carboxylic acids is 1. The third kappa shape index (κ3) is 6.92. The lowest BCUT2D eigenvalue weighted by atomic mass is 10.0. The lowest BCUT2D eigenvalue weighted by molar-refractivity contribution is -0.160. The van der Waals surface area contributed by atoms with Crippen molar-refractivity contribution in [3.8, 4) is 5.75 Å². The van der Waals surface area contributed by atoms with Crippen molar-refractivity contribution < 1.29 is 31.5 Å². The molecule has 180 valence electrons. The monoisotopic (exact) mass is 485 g/mol. The van der Waals surface area contributed by atoms with Gasteiger partial charge in [0.15, 0.2) is 9.84 Å². The molecule has 0 aliphatic heterocycles. The molecule has 0 spiro atoms. The van der Waals surface area contributed by atoms with Crippen LogP contribution in [0.2, 0.25) is 0 Å². The van der Waals surface area contributed by atoms with Gasteiger partial charge in [0.05, 0.1) is 17.0 Å². The summed E-state index contributed by atoms with van der Waals surface area (Å²) in [5.41, 5.74) is 5.15. The number of halogens is 3. The van der Waals surface area contributed by atoms with Crippen LogP contribution >= 0.6 is 0 Å². The maximum Gasteiger partial charge on any atom is 0.407 e. The average molecular weight is 486 g/mol. The second kappa shape index (κ2) is 9.70.